The largest absolute Gasteiger partial charge is 0.393 e. The van der Waals surface area contributed by atoms with Crippen LogP contribution in [0.5, 0.6) is 0 Å². The van der Waals surface area contributed by atoms with Crippen LogP contribution >= 0.6 is 11.6 Å². The van der Waals surface area contributed by atoms with Crippen molar-refractivity contribution in [2.24, 2.45) is 0 Å². The van der Waals surface area contributed by atoms with E-state index in [9.17, 15) is 9.90 Å². The molecule has 134 valence electrons. The number of nitrogens with zero attached hydrogens (tertiary/aromatic N) is 3. The number of aliphatic hydroxyl groups excluding tert-OH is 1. The molecule has 0 fully saturated rings. The number of imidazole rings is 1. The second kappa shape index (κ2) is 6.59. The van der Waals surface area contributed by atoms with Crippen LogP contribution < -0.4 is 5.56 Å². The molecule has 3 N–H and O–H groups in total. The minimum absolute atomic E-state index is 0.119. The number of benzene rings is 1. The second-order valence-corrected chi connectivity index (χ2v) is 6.81. The van der Waals surface area contributed by atoms with Crippen molar-refractivity contribution >= 4 is 33.4 Å². The SMILES string of the molecule is Cc1[nH]nc2c1c(=O)n(CCC(O)Cc1ncc[nH]1)c1ccc(Cl)cc21. The Labute approximate surface area is 153 Å². The van der Waals surface area contributed by atoms with Gasteiger partial charge < -0.3 is 14.7 Å². The molecule has 1 aromatic carbocycles. The minimum atomic E-state index is -0.600. The monoisotopic (exact) mass is 371 g/mol. The molecule has 4 rings (SSSR count). The molecule has 0 radical (unpaired) electrons. The van der Waals surface area contributed by atoms with E-state index in [0.717, 1.165) is 22.4 Å². The quantitative estimate of drug-likeness (QED) is 0.502. The fourth-order valence-electron chi connectivity index (χ4n) is 3.30. The van der Waals surface area contributed by atoms with E-state index in [1.807, 2.05) is 19.1 Å². The van der Waals surface area contributed by atoms with Gasteiger partial charge in [-0.1, -0.05) is 11.6 Å². The molecule has 4 aromatic rings. The zero-order valence-corrected chi connectivity index (χ0v) is 14.9. The number of halogens is 1. The zero-order valence-electron chi connectivity index (χ0n) is 14.2. The summed E-state index contributed by atoms with van der Waals surface area (Å²) in [5.41, 5.74) is 1.98. The smallest absolute Gasteiger partial charge is 0.262 e. The van der Waals surface area contributed by atoms with Gasteiger partial charge in [0.05, 0.1) is 17.0 Å². The summed E-state index contributed by atoms with van der Waals surface area (Å²) in [7, 11) is 0. The van der Waals surface area contributed by atoms with Crippen LogP contribution in [0.15, 0.2) is 35.4 Å². The molecule has 26 heavy (non-hydrogen) atoms. The maximum atomic E-state index is 13.0. The molecule has 3 heterocycles. The zero-order chi connectivity index (χ0) is 18.3. The lowest BCUT2D eigenvalue weighted by molar-refractivity contribution is 0.157. The number of aromatic amines is 2. The first-order valence-corrected chi connectivity index (χ1v) is 8.75. The Hall–Kier alpha value is -2.64. The number of fused-ring (bicyclic) bond motifs is 3. The third-order valence-electron chi connectivity index (χ3n) is 4.58. The average molecular weight is 372 g/mol. The Morgan fingerprint density at radius 2 is 2.23 bits per heavy atom. The lowest BCUT2D eigenvalue weighted by atomic mass is 10.1. The molecule has 0 aliphatic carbocycles. The van der Waals surface area contributed by atoms with Gasteiger partial charge in [0.2, 0.25) is 0 Å². The molecule has 1 unspecified atom stereocenters. The second-order valence-electron chi connectivity index (χ2n) is 6.37. The van der Waals surface area contributed by atoms with Crippen LogP contribution in [-0.2, 0) is 13.0 Å². The van der Waals surface area contributed by atoms with Gasteiger partial charge in [0.15, 0.2) is 0 Å². The Kier molecular flexibility index (Phi) is 4.26. The fourth-order valence-corrected chi connectivity index (χ4v) is 3.47. The van der Waals surface area contributed by atoms with Gasteiger partial charge >= 0.3 is 0 Å². The van der Waals surface area contributed by atoms with E-state index in [2.05, 4.69) is 20.2 Å². The van der Waals surface area contributed by atoms with Gasteiger partial charge in [0, 0.05) is 41.5 Å². The predicted molar refractivity (Wildman–Crippen MR) is 101 cm³/mol. The lowest BCUT2D eigenvalue weighted by Gasteiger charge is -2.14. The summed E-state index contributed by atoms with van der Waals surface area (Å²) >= 11 is 6.15. The molecule has 8 heteroatoms. The molecule has 0 amide bonds. The first-order chi connectivity index (χ1) is 12.5. The van der Waals surface area contributed by atoms with Gasteiger partial charge in [-0.25, -0.2) is 4.98 Å². The van der Waals surface area contributed by atoms with Crippen molar-refractivity contribution in [2.75, 3.05) is 0 Å². The number of hydrogen-bond donors (Lipinski definition) is 3. The van der Waals surface area contributed by atoms with E-state index in [0.29, 0.717) is 35.3 Å². The molecule has 0 saturated carbocycles. The fraction of sp³-hybridized carbons (Fsp3) is 0.278. The van der Waals surface area contributed by atoms with Crippen LogP contribution in [0, 0.1) is 6.92 Å². The highest BCUT2D eigenvalue weighted by molar-refractivity contribution is 6.31. The molecular formula is C18H18ClN5O2. The highest BCUT2D eigenvalue weighted by Gasteiger charge is 2.17. The number of nitrogens with one attached hydrogen (secondary N) is 2. The van der Waals surface area contributed by atoms with Gasteiger partial charge in [0.25, 0.3) is 5.56 Å². The normalized spacial score (nSPS) is 12.9. The van der Waals surface area contributed by atoms with Gasteiger partial charge in [-0.2, -0.15) is 5.10 Å². The molecule has 0 aliphatic rings. The van der Waals surface area contributed by atoms with E-state index in [1.165, 1.54) is 0 Å². The van der Waals surface area contributed by atoms with Crippen molar-refractivity contribution < 1.29 is 5.11 Å². The van der Waals surface area contributed by atoms with Crippen LogP contribution in [0.25, 0.3) is 21.8 Å². The molecule has 0 saturated heterocycles. The Morgan fingerprint density at radius 3 is 3.00 bits per heavy atom. The number of aromatic nitrogens is 5. The van der Waals surface area contributed by atoms with E-state index in [1.54, 1.807) is 23.0 Å². The van der Waals surface area contributed by atoms with Crippen molar-refractivity contribution in [3.05, 3.63) is 57.5 Å². The summed E-state index contributed by atoms with van der Waals surface area (Å²) in [4.78, 5) is 20.1. The van der Waals surface area contributed by atoms with Gasteiger partial charge in [0.1, 0.15) is 11.3 Å². The Bertz CT molecular complexity index is 1130. The number of H-pyrrole nitrogens is 2. The molecule has 1 atom stereocenters. The maximum Gasteiger partial charge on any atom is 0.262 e. The molecule has 7 nitrogen and oxygen atoms in total. The Morgan fingerprint density at radius 1 is 1.38 bits per heavy atom. The van der Waals surface area contributed by atoms with Gasteiger partial charge in [-0.15, -0.1) is 0 Å². The first-order valence-electron chi connectivity index (χ1n) is 8.37. The van der Waals surface area contributed by atoms with E-state index in [-0.39, 0.29) is 5.56 Å². The van der Waals surface area contributed by atoms with E-state index >= 15 is 0 Å². The molecular weight excluding hydrogens is 354 g/mol. The number of aryl methyl sites for hydroxylation is 2. The summed E-state index contributed by atoms with van der Waals surface area (Å²) in [6.07, 6.45) is 3.62. The first kappa shape index (κ1) is 16.8. The summed E-state index contributed by atoms with van der Waals surface area (Å²) in [5, 5.41) is 19.4. The van der Waals surface area contributed by atoms with Crippen molar-refractivity contribution in [3.63, 3.8) is 0 Å². The van der Waals surface area contributed by atoms with Crippen molar-refractivity contribution in [2.45, 2.75) is 32.4 Å². The summed E-state index contributed by atoms with van der Waals surface area (Å²) in [6, 6.07) is 5.39. The Balaban J connectivity index is 1.74. The minimum Gasteiger partial charge on any atom is -0.393 e. The highest BCUT2D eigenvalue weighted by Crippen LogP contribution is 2.26. The van der Waals surface area contributed by atoms with Crippen molar-refractivity contribution in [1.82, 2.24) is 24.7 Å². The van der Waals surface area contributed by atoms with Gasteiger partial charge in [-0.05, 0) is 31.5 Å². The highest BCUT2D eigenvalue weighted by atomic mass is 35.5. The van der Waals surface area contributed by atoms with Crippen molar-refractivity contribution in [1.29, 1.82) is 0 Å². The van der Waals surface area contributed by atoms with Crippen LogP contribution in [-0.4, -0.2) is 35.9 Å². The molecule has 0 spiro atoms. The van der Waals surface area contributed by atoms with Crippen LogP contribution in [0.3, 0.4) is 0 Å². The molecule has 0 bridgehead atoms. The lowest BCUT2D eigenvalue weighted by Crippen LogP contribution is -2.24. The number of pyridine rings is 1. The third-order valence-corrected chi connectivity index (χ3v) is 4.82. The van der Waals surface area contributed by atoms with E-state index in [4.69, 9.17) is 11.6 Å². The van der Waals surface area contributed by atoms with Crippen LogP contribution in [0.4, 0.5) is 0 Å². The average Bonchev–Trinajstić information content (AvgIpc) is 3.25. The maximum absolute atomic E-state index is 13.0. The van der Waals surface area contributed by atoms with Crippen LogP contribution in [0.2, 0.25) is 5.02 Å². The van der Waals surface area contributed by atoms with Crippen LogP contribution in [0.1, 0.15) is 17.9 Å². The van der Waals surface area contributed by atoms with Crippen molar-refractivity contribution in [3.8, 4) is 0 Å². The number of rotatable bonds is 5. The summed E-state index contributed by atoms with van der Waals surface area (Å²) in [6.45, 7) is 2.21. The molecule has 3 aromatic heterocycles. The standard InChI is InChI=1S/C18H18ClN5O2/c1-10-16-17(23-22-10)13-8-11(19)2-3-14(13)24(18(16)26)7-4-12(25)9-15-20-5-6-21-15/h2-3,5-6,8,12,25H,4,7,9H2,1H3,(H,20,21)(H,22,23). The molecule has 0 aliphatic heterocycles. The third kappa shape index (κ3) is 2.89. The number of hydrogen-bond acceptors (Lipinski definition) is 4. The van der Waals surface area contributed by atoms with Gasteiger partial charge in [-0.3, -0.25) is 9.89 Å². The summed E-state index contributed by atoms with van der Waals surface area (Å²) < 4.78 is 1.68. The van der Waals surface area contributed by atoms with E-state index < -0.39 is 6.10 Å². The number of aliphatic hydroxyl groups is 1. The predicted octanol–water partition coefficient (Wildman–Crippen LogP) is 2.56. The topological polar surface area (TPSA) is 99.6 Å². The summed E-state index contributed by atoms with van der Waals surface area (Å²) in [5.74, 6) is 0.725.